The van der Waals surface area contributed by atoms with Gasteiger partial charge in [0, 0.05) is 73.3 Å². The first-order chi connectivity index (χ1) is 27.7. The lowest BCUT2D eigenvalue weighted by Crippen LogP contribution is -2.22. The topological polar surface area (TPSA) is 18.5 Å². The van der Waals surface area contributed by atoms with Crippen LogP contribution in [0.15, 0.2) is 233 Å². The molecule has 0 bridgehead atoms. The molecule has 0 N–H and O–H groups in total. The van der Waals surface area contributed by atoms with Crippen molar-refractivity contribution in [1.29, 1.82) is 0 Å². The van der Waals surface area contributed by atoms with Crippen molar-refractivity contribution in [2.24, 2.45) is 0 Å². The highest BCUT2D eigenvalue weighted by molar-refractivity contribution is 8.00. The van der Waals surface area contributed by atoms with Gasteiger partial charge >= 0.3 is 0 Å². The number of ether oxygens (including phenoxy) is 2. The van der Waals surface area contributed by atoms with Crippen LogP contribution in [-0.4, -0.2) is 0 Å². The van der Waals surface area contributed by atoms with Gasteiger partial charge in [-0.15, -0.1) is 0 Å². The summed E-state index contributed by atoms with van der Waals surface area (Å²) >= 11 is 7.03. The average molecular weight is 795 g/mol. The lowest BCUT2D eigenvalue weighted by molar-refractivity contribution is 0.410. The van der Waals surface area contributed by atoms with Crippen molar-refractivity contribution >= 4 is 47.0 Å². The Balaban J connectivity index is 1.11. The standard InChI is InChI=1S/C50H34O2S4/c1-5-13-33(14-6-1)53-37-21-25-41-45(29-37)51-46-30-38(54-34-15-7-2-8-16-34)22-26-42(46)49(41)50-43-27-23-39(55-35-17-9-3-10-18-35)31-47(43)52-48-32-40(24-28-44(48)50)56-36-19-11-4-12-20-36/h1-32,49-50H. The zero-order valence-electron chi connectivity index (χ0n) is 30.1. The third-order valence-electron chi connectivity index (χ3n) is 9.97. The molecule has 0 radical (unpaired) electrons. The summed E-state index contributed by atoms with van der Waals surface area (Å²) in [5.41, 5.74) is 4.69. The van der Waals surface area contributed by atoms with Crippen LogP contribution in [0.1, 0.15) is 34.1 Å². The predicted molar refractivity (Wildman–Crippen MR) is 232 cm³/mol. The van der Waals surface area contributed by atoms with Crippen molar-refractivity contribution in [3.05, 3.63) is 216 Å². The highest BCUT2D eigenvalue weighted by atomic mass is 32.2. The van der Waals surface area contributed by atoms with E-state index in [2.05, 4.69) is 194 Å². The monoisotopic (exact) mass is 794 g/mol. The van der Waals surface area contributed by atoms with Gasteiger partial charge in [-0.3, -0.25) is 0 Å². The summed E-state index contributed by atoms with van der Waals surface area (Å²) in [6.45, 7) is 0. The molecule has 56 heavy (non-hydrogen) atoms. The van der Waals surface area contributed by atoms with Crippen LogP contribution in [0, 0.1) is 0 Å². The molecule has 0 amide bonds. The first-order valence-corrected chi connectivity index (χ1v) is 21.8. The minimum atomic E-state index is -0.0260. The van der Waals surface area contributed by atoms with E-state index in [9.17, 15) is 0 Å². The number of fused-ring (bicyclic) bond motifs is 4. The lowest BCUT2D eigenvalue weighted by atomic mass is 9.71. The summed E-state index contributed by atoms with van der Waals surface area (Å²) in [7, 11) is 0. The molecular weight excluding hydrogens is 761 g/mol. The Bertz CT molecular complexity index is 2280. The maximum atomic E-state index is 6.94. The van der Waals surface area contributed by atoms with Crippen molar-refractivity contribution in [3.8, 4) is 23.0 Å². The Kier molecular flexibility index (Phi) is 9.88. The first kappa shape index (κ1) is 35.2. The third kappa shape index (κ3) is 7.38. The Morgan fingerprint density at radius 3 is 0.714 bits per heavy atom. The van der Waals surface area contributed by atoms with E-state index in [1.807, 2.05) is 0 Å². The third-order valence-corrected chi connectivity index (χ3v) is 14.0. The summed E-state index contributed by atoms with van der Waals surface area (Å²) in [5, 5.41) is 0. The molecule has 8 aromatic rings. The van der Waals surface area contributed by atoms with E-state index in [1.165, 1.54) is 41.8 Å². The molecular formula is C50H34O2S4. The highest BCUT2D eigenvalue weighted by Gasteiger charge is 2.40. The molecule has 0 unspecified atom stereocenters. The second-order valence-electron chi connectivity index (χ2n) is 13.6. The molecule has 0 saturated heterocycles. The van der Waals surface area contributed by atoms with Gasteiger partial charge in [-0.05, 0) is 97.1 Å². The van der Waals surface area contributed by atoms with Crippen LogP contribution >= 0.6 is 47.0 Å². The second-order valence-corrected chi connectivity index (χ2v) is 18.2. The Hall–Kier alpha value is -5.24. The van der Waals surface area contributed by atoms with E-state index in [0.717, 1.165) is 42.6 Å². The normalized spacial score (nSPS) is 13.1. The zero-order valence-corrected chi connectivity index (χ0v) is 33.3. The van der Waals surface area contributed by atoms with Crippen LogP contribution in [0.2, 0.25) is 0 Å². The Morgan fingerprint density at radius 2 is 0.482 bits per heavy atom. The Morgan fingerprint density at radius 1 is 0.250 bits per heavy atom. The number of benzene rings is 8. The van der Waals surface area contributed by atoms with Crippen LogP contribution < -0.4 is 9.47 Å². The maximum Gasteiger partial charge on any atom is 0.132 e. The maximum absolute atomic E-state index is 6.94. The SMILES string of the molecule is c1ccc(Sc2ccc3c(c2)Oc2cc(Sc4ccccc4)ccc2C3C2c3ccc(Sc4ccccc4)cc3Oc3cc(Sc4ccccc4)ccc32)cc1. The van der Waals surface area contributed by atoms with E-state index in [1.54, 1.807) is 47.0 Å². The highest BCUT2D eigenvalue weighted by Crippen LogP contribution is 2.59. The molecule has 2 nitrogen and oxygen atoms in total. The summed E-state index contributed by atoms with van der Waals surface area (Å²) in [6.07, 6.45) is 0. The summed E-state index contributed by atoms with van der Waals surface area (Å²) in [6, 6.07) is 69.2. The minimum Gasteiger partial charge on any atom is -0.457 e. The van der Waals surface area contributed by atoms with Crippen molar-refractivity contribution in [2.45, 2.75) is 51.0 Å². The number of hydrogen-bond acceptors (Lipinski definition) is 6. The van der Waals surface area contributed by atoms with Crippen LogP contribution in [-0.2, 0) is 0 Å². The van der Waals surface area contributed by atoms with Crippen molar-refractivity contribution < 1.29 is 9.47 Å². The summed E-state index contributed by atoms with van der Waals surface area (Å²) < 4.78 is 13.9. The van der Waals surface area contributed by atoms with Gasteiger partial charge in [-0.1, -0.05) is 144 Å². The van der Waals surface area contributed by atoms with Gasteiger partial charge in [0.25, 0.3) is 0 Å². The van der Waals surface area contributed by atoms with Crippen molar-refractivity contribution in [3.63, 3.8) is 0 Å². The Labute approximate surface area is 344 Å². The molecule has 0 spiro atoms. The van der Waals surface area contributed by atoms with Gasteiger partial charge in [-0.2, -0.15) is 0 Å². The molecule has 8 aromatic carbocycles. The molecule has 2 aliphatic rings. The van der Waals surface area contributed by atoms with E-state index in [4.69, 9.17) is 9.47 Å². The number of hydrogen-bond donors (Lipinski definition) is 0. The molecule has 10 rings (SSSR count). The molecule has 0 atom stereocenters. The van der Waals surface area contributed by atoms with E-state index in [0.29, 0.717) is 0 Å². The minimum absolute atomic E-state index is 0.0260. The molecule has 0 aliphatic carbocycles. The average Bonchev–Trinajstić information content (AvgIpc) is 3.23. The van der Waals surface area contributed by atoms with Crippen LogP contribution in [0.3, 0.4) is 0 Å². The molecule has 0 aromatic heterocycles. The lowest BCUT2D eigenvalue weighted by Gasteiger charge is -2.38. The van der Waals surface area contributed by atoms with Gasteiger partial charge in [0.1, 0.15) is 23.0 Å². The van der Waals surface area contributed by atoms with Gasteiger partial charge < -0.3 is 9.47 Å². The van der Waals surface area contributed by atoms with Crippen molar-refractivity contribution in [2.75, 3.05) is 0 Å². The van der Waals surface area contributed by atoms with Gasteiger partial charge in [-0.25, -0.2) is 0 Å². The van der Waals surface area contributed by atoms with E-state index in [-0.39, 0.29) is 11.8 Å². The molecule has 6 heteroatoms. The molecule has 0 saturated carbocycles. The molecule has 2 aliphatic heterocycles. The summed E-state index contributed by atoms with van der Waals surface area (Å²) in [5.74, 6) is 3.53. The summed E-state index contributed by atoms with van der Waals surface area (Å²) in [4.78, 5) is 9.36. The second kappa shape index (κ2) is 15.7. The molecule has 2 heterocycles. The van der Waals surface area contributed by atoms with Crippen molar-refractivity contribution in [1.82, 2.24) is 0 Å². The van der Waals surface area contributed by atoms with Crippen LogP contribution in [0.25, 0.3) is 0 Å². The largest absolute Gasteiger partial charge is 0.457 e. The fraction of sp³-hybridized carbons (Fsp3) is 0.0400. The fourth-order valence-electron chi connectivity index (χ4n) is 7.48. The number of rotatable bonds is 9. The fourth-order valence-corrected chi connectivity index (χ4v) is 11.0. The van der Waals surface area contributed by atoms with E-state index >= 15 is 0 Å². The quantitative estimate of drug-likeness (QED) is 0.144. The molecule has 0 fully saturated rings. The van der Waals surface area contributed by atoms with Crippen LogP contribution in [0.5, 0.6) is 23.0 Å². The van der Waals surface area contributed by atoms with Crippen LogP contribution in [0.4, 0.5) is 0 Å². The van der Waals surface area contributed by atoms with Gasteiger partial charge in [0.05, 0.1) is 0 Å². The van der Waals surface area contributed by atoms with E-state index < -0.39 is 0 Å². The zero-order chi connectivity index (χ0) is 37.3. The van der Waals surface area contributed by atoms with Gasteiger partial charge in [0.15, 0.2) is 0 Å². The first-order valence-electron chi connectivity index (χ1n) is 18.5. The smallest absolute Gasteiger partial charge is 0.132 e. The predicted octanol–water partition coefficient (Wildman–Crippen LogP) is 15.5. The molecule has 270 valence electrons. The van der Waals surface area contributed by atoms with Gasteiger partial charge in [0.2, 0.25) is 0 Å².